The largest absolute Gasteiger partial charge is 0.457 e. The standard InChI is InChI=1S/C25H26ClFO4/c1-23(2,3)31-22(29)25(27)20(19-11-7-8-12-21(19)26)15-18(28)16-24(25,30)14-13-17-9-5-4-6-10-17/h4-14,20,30H,15-16H2,1-3H3/b14-13+/t20-,24+,25-/m0/s1. The number of hydrogen-bond donors (Lipinski definition) is 1. The lowest BCUT2D eigenvalue weighted by atomic mass is 9.63. The van der Waals surface area contributed by atoms with Crippen LogP contribution in [0.2, 0.25) is 5.02 Å². The Balaban J connectivity index is 2.16. The molecule has 1 saturated carbocycles. The molecule has 1 aliphatic carbocycles. The number of Topliss-reactive ketones (excluding diaryl/α,β-unsaturated/α-hetero) is 1. The van der Waals surface area contributed by atoms with Gasteiger partial charge in [-0.25, -0.2) is 9.18 Å². The first-order valence-corrected chi connectivity index (χ1v) is 10.5. The van der Waals surface area contributed by atoms with E-state index >= 15 is 4.39 Å². The molecule has 0 spiro atoms. The molecule has 0 aliphatic heterocycles. The molecule has 31 heavy (non-hydrogen) atoms. The lowest BCUT2D eigenvalue weighted by Gasteiger charge is -2.46. The second-order valence-corrected chi connectivity index (χ2v) is 9.28. The fraction of sp³-hybridized carbons (Fsp3) is 0.360. The number of halogens is 2. The Hall–Kier alpha value is -2.50. The van der Waals surface area contributed by atoms with Crippen LogP contribution in [0.4, 0.5) is 4.39 Å². The van der Waals surface area contributed by atoms with E-state index in [1.165, 1.54) is 12.2 Å². The molecule has 4 nitrogen and oxygen atoms in total. The van der Waals surface area contributed by atoms with Crippen molar-refractivity contribution < 1.29 is 23.8 Å². The van der Waals surface area contributed by atoms with Crippen LogP contribution in [0.25, 0.3) is 6.08 Å². The molecule has 0 unspecified atom stereocenters. The zero-order chi connectivity index (χ0) is 22.9. The third-order valence-electron chi connectivity index (χ3n) is 5.34. The monoisotopic (exact) mass is 444 g/mol. The molecule has 0 amide bonds. The molecular weight excluding hydrogens is 419 g/mol. The fourth-order valence-corrected chi connectivity index (χ4v) is 4.17. The van der Waals surface area contributed by atoms with Crippen molar-refractivity contribution >= 4 is 29.4 Å². The van der Waals surface area contributed by atoms with E-state index in [-0.39, 0.29) is 22.8 Å². The van der Waals surface area contributed by atoms with E-state index in [1.54, 1.807) is 69.3 Å². The number of alkyl halides is 1. The van der Waals surface area contributed by atoms with E-state index in [0.29, 0.717) is 5.56 Å². The number of ether oxygens (including phenoxy) is 1. The molecule has 1 fully saturated rings. The molecule has 3 atom stereocenters. The second-order valence-electron chi connectivity index (χ2n) is 8.88. The molecule has 1 N–H and O–H groups in total. The number of aliphatic hydroxyl groups is 1. The van der Waals surface area contributed by atoms with Crippen molar-refractivity contribution in [2.45, 2.75) is 56.4 Å². The van der Waals surface area contributed by atoms with Gasteiger partial charge in [-0.3, -0.25) is 4.79 Å². The molecule has 2 aromatic rings. The van der Waals surface area contributed by atoms with E-state index in [9.17, 15) is 14.7 Å². The zero-order valence-electron chi connectivity index (χ0n) is 17.8. The number of esters is 1. The number of carbonyl (C=O) groups excluding carboxylic acids is 2. The summed E-state index contributed by atoms with van der Waals surface area (Å²) in [5.74, 6) is -2.90. The first kappa shape index (κ1) is 23.2. The van der Waals surface area contributed by atoms with Crippen LogP contribution >= 0.6 is 11.6 Å². The maximum Gasteiger partial charge on any atom is 0.348 e. The van der Waals surface area contributed by atoms with Crippen LogP contribution in [0.5, 0.6) is 0 Å². The lowest BCUT2D eigenvalue weighted by molar-refractivity contribution is -0.194. The van der Waals surface area contributed by atoms with Gasteiger partial charge < -0.3 is 9.84 Å². The Kier molecular flexibility index (Phi) is 6.40. The lowest BCUT2D eigenvalue weighted by Crippen LogP contribution is -2.63. The van der Waals surface area contributed by atoms with Crippen LogP contribution < -0.4 is 0 Å². The van der Waals surface area contributed by atoms with Gasteiger partial charge in [0.25, 0.3) is 0 Å². The molecule has 3 rings (SSSR count). The van der Waals surface area contributed by atoms with E-state index in [2.05, 4.69) is 0 Å². The third kappa shape index (κ3) is 4.73. The third-order valence-corrected chi connectivity index (χ3v) is 5.68. The number of ketones is 1. The highest BCUT2D eigenvalue weighted by Crippen LogP contribution is 2.51. The van der Waals surface area contributed by atoms with Gasteiger partial charge >= 0.3 is 5.97 Å². The summed E-state index contributed by atoms with van der Waals surface area (Å²) in [5.41, 5.74) is -5.37. The van der Waals surface area contributed by atoms with Crippen molar-refractivity contribution in [3.8, 4) is 0 Å². The Morgan fingerprint density at radius 3 is 2.39 bits per heavy atom. The minimum Gasteiger partial charge on any atom is -0.457 e. The summed E-state index contributed by atoms with van der Waals surface area (Å²) in [7, 11) is 0. The Morgan fingerprint density at radius 1 is 1.16 bits per heavy atom. The summed E-state index contributed by atoms with van der Waals surface area (Å²) in [6.07, 6.45) is 1.86. The van der Waals surface area contributed by atoms with E-state index < -0.39 is 35.2 Å². The first-order valence-electron chi connectivity index (χ1n) is 10.1. The Bertz CT molecular complexity index is 998. The minimum atomic E-state index is -2.93. The summed E-state index contributed by atoms with van der Waals surface area (Å²) >= 11 is 6.31. The summed E-state index contributed by atoms with van der Waals surface area (Å²) in [6.45, 7) is 4.85. The van der Waals surface area contributed by atoms with Crippen LogP contribution in [0, 0.1) is 0 Å². The van der Waals surface area contributed by atoms with Crippen LogP contribution in [-0.4, -0.2) is 33.7 Å². The highest BCUT2D eigenvalue weighted by molar-refractivity contribution is 6.31. The van der Waals surface area contributed by atoms with Gasteiger partial charge in [-0.1, -0.05) is 66.2 Å². The molecule has 2 aromatic carbocycles. The van der Waals surface area contributed by atoms with Gasteiger partial charge in [-0.05, 0) is 44.0 Å². The van der Waals surface area contributed by atoms with Crippen LogP contribution in [-0.2, 0) is 14.3 Å². The van der Waals surface area contributed by atoms with Crippen molar-refractivity contribution in [3.05, 3.63) is 76.8 Å². The molecule has 0 bridgehead atoms. The topological polar surface area (TPSA) is 63.6 Å². The molecule has 1 aliphatic rings. The van der Waals surface area contributed by atoms with Gasteiger partial charge in [0.2, 0.25) is 5.67 Å². The summed E-state index contributed by atoms with van der Waals surface area (Å²) in [6, 6.07) is 15.4. The number of hydrogen-bond acceptors (Lipinski definition) is 4. The molecule has 0 aromatic heterocycles. The molecule has 164 valence electrons. The summed E-state index contributed by atoms with van der Waals surface area (Å²) < 4.78 is 22.4. The van der Waals surface area contributed by atoms with Gasteiger partial charge in [0.15, 0.2) is 0 Å². The average Bonchev–Trinajstić information content (AvgIpc) is 2.69. The minimum absolute atomic E-state index is 0.210. The van der Waals surface area contributed by atoms with Gasteiger partial charge in [0.05, 0.1) is 0 Å². The Morgan fingerprint density at radius 2 is 1.77 bits per heavy atom. The van der Waals surface area contributed by atoms with Crippen molar-refractivity contribution in [2.24, 2.45) is 0 Å². The molecule has 0 heterocycles. The van der Waals surface area contributed by atoms with Crippen LogP contribution in [0.15, 0.2) is 60.7 Å². The molecule has 0 saturated heterocycles. The summed E-state index contributed by atoms with van der Waals surface area (Å²) in [5, 5.41) is 11.7. The normalized spacial score (nSPS) is 26.8. The first-order chi connectivity index (χ1) is 14.5. The summed E-state index contributed by atoms with van der Waals surface area (Å²) in [4.78, 5) is 25.8. The smallest absolute Gasteiger partial charge is 0.348 e. The number of rotatable bonds is 4. The van der Waals surface area contributed by atoms with Crippen LogP contribution in [0.3, 0.4) is 0 Å². The molecular formula is C25H26ClFO4. The molecule has 6 heteroatoms. The van der Waals surface area contributed by atoms with Crippen molar-refractivity contribution in [1.82, 2.24) is 0 Å². The second kappa shape index (κ2) is 8.56. The Labute approximate surface area is 186 Å². The van der Waals surface area contributed by atoms with Gasteiger partial charge in [-0.2, -0.15) is 0 Å². The maximum absolute atomic E-state index is 17.0. The van der Waals surface area contributed by atoms with E-state index in [1.807, 2.05) is 6.07 Å². The zero-order valence-corrected chi connectivity index (χ0v) is 18.5. The highest BCUT2D eigenvalue weighted by atomic mass is 35.5. The SMILES string of the molecule is CC(C)(C)OC(=O)[C@@]1(F)[C@H](c2ccccc2Cl)CC(=O)C[C@]1(O)/C=C/c1ccccc1. The van der Waals surface area contributed by atoms with Crippen molar-refractivity contribution in [2.75, 3.05) is 0 Å². The maximum atomic E-state index is 17.0. The van der Waals surface area contributed by atoms with Gasteiger partial charge in [-0.15, -0.1) is 0 Å². The predicted molar refractivity (Wildman–Crippen MR) is 119 cm³/mol. The van der Waals surface area contributed by atoms with Crippen molar-refractivity contribution in [3.63, 3.8) is 0 Å². The van der Waals surface area contributed by atoms with Gasteiger partial charge in [0.1, 0.15) is 17.0 Å². The van der Waals surface area contributed by atoms with E-state index in [0.717, 1.165) is 0 Å². The predicted octanol–water partition coefficient (Wildman–Crippen LogP) is 5.28. The average molecular weight is 445 g/mol. The molecule has 0 radical (unpaired) electrons. The van der Waals surface area contributed by atoms with Gasteiger partial charge in [0, 0.05) is 23.8 Å². The van der Waals surface area contributed by atoms with Crippen molar-refractivity contribution in [1.29, 1.82) is 0 Å². The quantitative estimate of drug-likeness (QED) is 0.651. The van der Waals surface area contributed by atoms with Crippen LogP contribution in [0.1, 0.15) is 50.7 Å². The van der Waals surface area contributed by atoms with E-state index in [4.69, 9.17) is 16.3 Å². The number of carbonyl (C=O) groups is 2. The highest BCUT2D eigenvalue weighted by Gasteiger charge is 2.66. The number of benzene rings is 2. The fourth-order valence-electron chi connectivity index (χ4n) is 3.90.